The zero-order valence-corrected chi connectivity index (χ0v) is 9.40. The largest absolute Gasteiger partial charge is 0.327 e. The van der Waals surface area contributed by atoms with E-state index in [2.05, 4.69) is 15.9 Å². The van der Waals surface area contributed by atoms with Crippen molar-refractivity contribution in [3.8, 4) is 0 Å². The molecular formula is C6H5BrF2N2O3S. The standard InChI is InChI=1S/C6H5BrF2N2O3S/c7-4-3(5(8)9)2(15(10,13)14)1-11-6(4)12/h1,5H,(H,11,12)(H2,10,13,14). The number of aromatic nitrogens is 1. The van der Waals surface area contributed by atoms with Crippen molar-refractivity contribution in [2.24, 2.45) is 5.14 Å². The van der Waals surface area contributed by atoms with Crippen LogP contribution in [0, 0.1) is 0 Å². The van der Waals surface area contributed by atoms with Gasteiger partial charge in [0.25, 0.3) is 12.0 Å². The molecule has 0 radical (unpaired) electrons. The molecule has 1 rings (SSSR count). The van der Waals surface area contributed by atoms with Crippen molar-refractivity contribution >= 4 is 26.0 Å². The number of nitrogens with one attached hydrogen (secondary N) is 1. The van der Waals surface area contributed by atoms with Crippen LogP contribution in [-0.4, -0.2) is 13.4 Å². The van der Waals surface area contributed by atoms with Crippen molar-refractivity contribution in [1.29, 1.82) is 0 Å². The topological polar surface area (TPSA) is 93.0 Å². The lowest BCUT2D eigenvalue weighted by Gasteiger charge is -2.07. The van der Waals surface area contributed by atoms with Crippen LogP contribution in [0.25, 0.3) is 0 Å². The Labute approximate surface area is 91.5 Å². The van der Waals surface area contributed by atoms with Crippen LogP contribution in [0.4, 0.5) is 8.78 Å². The van der Waals surface area contributed by atoms with E-state index in [9.17, 15) is 22.0 Å². The Morgan fingerprint density at radius 1 is 1.47 bits per heavy atom. The third-order valence-electron chi connectivity index (χ3n) is 1.56. The highest BCUT2D eigenvalue weighted by atomic mass is 79.9. The van der Waals surface area contributed by atoms with Gasteiger partial charge < -0.3 is 4.98 Å². The molecule has 1 aromatic heterocycles. The molecule has 0 aliphatic carbocycles. The number of halogens is 3. The first-order valence-corrected chi connectivity index (χ1v) is 5.81. The van der Waals surface area contributed by atoms with Crippen molar-refractivity contribution in [1.82, 2.24) is 4.98 Å². The molecule has 0 atom stereocenters. The van der Waals surface area contributed by atoms with Crippen LogP contribution in [0.5, 0.6) is 0 Å². The fraction of sp³-hybridized carbons (Fsp3) is 0.167. The number of H-pyrrole nitrogens is 1. The Hall–Kier alpha value is -0.800. The number of pyridine rings is 1. The van der Waals surface area contributed by atoms with E-state index in [0.717, 1.165) is 0 Å². The fourth-order valence-corrected chi connectivity index (χ4v) is 2.29. The Kier molecular flexibility index (Phi) is 3.26. The van der Waals surface area contributed by atoms with E-state index in [1.54, 1.807) is 0 Å². The van der Waals surface area contributed by atoms with Gasteiger partial charge in [0, 0.05) is 6.20 Å². The smallest absolute Gasteiger partial charge is 0.266 e. The summed E-state index contributed by atoms with van der Waals surface area (Å²) in [6.45, 7) is 0. The number of alkyl halides is 2. The van der Waals surface area contributed by atoms with Gasteiger partial charge in [0.15, 0.2) is 0 Å². The van der Waals surface area contributed by atoms with Gasteiger partial charge >= 0.3 is 0 Å². The minimum atomic E-state index is -4.30. The van der Waals surface area contributed by atoms with Crippen molar-refractivity contribution in [3.63, 3.8) is 0 Å². The van der Waals surface area contributed by atoms with Gasteiger partial charge in [0.05, 0.1) is 10.0 Å². The van der Waals surface area contributed by atoms with E-state index < -0.39 is 36.9 Å². The minimum absolute atomic E-state index is 0.538. The van der Waals surface area contributed by atoms with Gasteiger partial charge in [-0.2, -0.15) is 0 Å². The van der Waals surface area contributed by atoms with Crippen LogP contribution in [-0.2, 0) is 10.0 Å². The van der Waals surface area contributed by atoms with Gasteiger partial charge in [-0.15, -0.1) is 0 Å². The van der Waals surface area contributed by atoms with Crippen molar-refractivity contribution < 1.29 is 17.2 Å². The molecule has 0 amide bonds. The Bertz CT molecular complexity index is 540. The molecule has 15 heavy (non-hydrogen) atoms. The summed E-state index contributed by atoms with van der Waals surface area (Å²) >= 11 is 2.58. The molecule has 0 spiro atoms. The van der Waals surface area contributed by atoms with E-state index in [-0.39, 0.29) is 0 Å². The maximum atomic E-state index is 12.5. The summed E-state index contributed by atoms with van der Waals surface area (Å²) < 4.78 is 46.3. The predicted molar refractivity (Wildman–Crippen MR) is 51.1 cm³/mol. The second kappa shape index (κ2) is 3.99. The molecule has 0 fully saturated rings. The molecule has 84 valence electrons. The molecule has 0 aliphatic heterocycles. The second-order valence-corrected chi connectivity index (χ2v) is 4.88. The summed E-state index contributed by atoms with van der Waals surface area (Å²) in [6.07, 6.45) is -2.47. The molecule has 1 aromatic rings. The van der Waals surface area contributed by atoms with Crippen LogP contribution < -0.4 is 10.7 Å². The lowest BCUT2D eigenvalue weighted by Crippen LogP contribution is -2.20. The molecule has 0 aromatic carbocycles. The van der Waals surface area contributed by atoms with E-state index >= 15 is 0 Å². The number of nitrogens with two attached hydrogens (primary N) is 1. The van der Waals surface area contributed by atoms with Crippen LogP contribution in [0.3, 0.4) is 0 Å². The normalized spacial score (nSPS) is 12.1. The first kappa shape index (κ1) is 12.3. The number of hydrogen-bond donors (Lipinski definition) is 2. The van der Waals surface area contributed by atoms with Gasteiger partial charge in [-0.3, -0.25) is 4.79 Å². The minimum Gasteiger partial charge on any atom is -0.327 e. The Morgan fingerprint density at radius 2 is 2.00 bits per heavy atom. The first-order chi connectivity index (χ1) is 6.75. The maximum absolute atomic E-state index is 12.5. The van der Waals surface area contributed by atoms with Gasteiger partial charge in [-0.25, -0.2) is 22.3 Å². The average molecular weight is 303 g/mol. The number of sulfonamides is 1. The van der Waals surface area contributed by atoms with E-state index in [0.29, 0.717) is 6.20 Å². The molecule has 3 N–H and O–H groups in total. The fourth-order valence-electron chi connectivity index (χ4n) is 0.941. The maximum Gasteiger partial charge on any atom is 0.266 e. The second-order valence-electron chi connectivity index (χ2n) is 2.56. The molecule has 1 heterocycles. The number of primary sulfonamides is 1. The molecule has 0 saturated heterocycles. The lowest BCUT2D eigenvalue weighted by molar-refractivity contribution is 0.146. The summed E-state index contributed by atoms with van der Waals surface area (Å²) in [5.74, 6) is 0. The monoisotopic (exact) mass is 302 g/mol. The first-order valence-electron chi connectivity index (χ1n) is 3.47. The third-order valence-corrected chi connectivity index (χ3v) is 3.30. The van der Waals surface area contributed by atoms with Crippen LogP contribution in [0.15, 0.2) is 20.4 Å². The molecule has 0 bridgehead atoms. The predicted octanol–water partition coefficient (Wildman–Crippen LogP) is 0.722. The summed E-state index contributed by atoms with van der Waals surface area (Å²) in [4.78, 5) is 12.1. The molecule has 5 nitrogen and oxygen atoms in total. The molecule has 9 heteroatoms. The molecular weight excluding hydrogens is 298 g/mol. The highest BCUT2D eigenvalue weighted by Gasteiger charge is 2.25. The highest BCUT2D eigenvalue weighted by molar-refractivity contribution is 9.10. The summed E-state index contributed by atoms with van der Waals surface area (Å²) in [6, 6.07) is 0. The highest BCUT2D eigenvalue weighted by Crippen LogP contribution is 2.29. The molecule has 0 saturated carbocycles. The van der Waals surface area contributed by atoms with Crippen molar-refractivity contribution in [3.05, 3.63) is 26.6 Å². The zero-order chi connectivity index (χ0) is 11.8. The average Bonchev–Trinajstić information content (AvgIpc) is 2.06. The van der Waals surface area contributed by atoms with E-state index in [4.69, 9.17) is 5.14 Å². The van der Waals surface area contributed by atoms with Gasteiger partial charge in [-0.05, 0) is 15.9 Å². The van der Waals surface area contributed by atoms with Crippen molar-refractivity contribution in [2.45, 2.75) is 11.3 Å². The van der Waals surface area contributed by atoms with Crippen LogP contribution in [0.2, 0.25) is 0 Å². The van der Waals surface area contributed by atoms with Gasteiger partial charge in [0.2, 0.25) is 10.0 Å². The van der Waals surface area contributed by atoms with Crippen LogP contribution >= 0.6 is 15.9 Å². The number of aromatic amines is 1. The quantitative estimate of drug-likeness (QED) is 0.843. The zero-order valence-electron chi connectivity index (χ0n) is 7.00. The van der Waals surface area contributed by atoms with Crippen molar-refractivity contribution in [2.75, 3.05) is 0 Å². The summed E-state index contributed by atoms with van der Waals surface area (Å²) in [7, 11) is -4.30. The lowest BCUT2D eigenvalue weighted by atomic mass is 10.3. The van der Waals surface area contributed by atoms with E-state index in [1.807, 2.05) is 4.98 Å². The Morgan fingerprint density at radius 3 is 2.40 bits per heavy atom. The third kappa shape index (κ3) is 2.41. The number of hydrogen-bond acceptors (Lipinski definition) is 3. The Balaban J connectivity index is 3.70. The van der Waals surface area contributed by atoms with E-state index in [1.165, 1.54) is 0 Å². The number of rotatable bonds is 2. The SMILES string of the molecule is NS(=O)(=O)c1c[nH]c(=O)c(Br)c1C(F)F. The summed E-state index contributed by atoms with van der Waals surface area (Å²) in [5.41, 5.74) is -1.78. The summed E-state index contributed by atoms with van der Waals surface area (Å²) in [5, 5.41) is 4.71. The molecule has 0 aliphatic rings. The van der Waals surface area contributed by atoms with Gasteiger partial charge in [0.1, 0.15) is 4.90 Å². The molecule has 0 unspecified atom stereocenters. The van der Waals surface area contributed by atoms with Gasteiger partial charge in [-0.1, -0.05) is 0 Å². The van der Waals surface area contributed by atoms with Crippen LogP contribution in [0.1, 0.15) is 12.0 Å².